The van der Waals surface area contributed by atoms with Gasteiger partial charge in [0.15, 0.2) is 16.9 Å². The minimum atomic E-state index is 0. The Labute approximate surface area is 531 Å². The number of benzene rings is 8. The average Bonchev–Trinajstić information content (AvgIpc) is 2.62. The van der Waals surface area contributed by atoms with Gasteiger partial charge in [0, 0.05) is 55.7 Å². The van der Waals surface area contributed by atoms with Gasteiger partial charge in [0.1, 0.15) is 35.1 Å². The van der Waals surface area contributed by atoms with Gasteiger partial charge in [0.2, 0.25) is 6.33 Å². The second-order valence-electron chi connectivity index (χ2n) is 21.5. The maximum Gasteiger partial charge on any atom is 3.00 e. The monoisotopic (exact) mass is 1430 g/mol. The standard InChI is InChI=1S/C21H23N2.C17H16N3O.C17H15N3O.C14H9N3O.CH4.HI.Ir/c1-15(2)18-11-8-12-19(16(3)4)20(18)23-14-13-22-21(23)17-9-6-5-7-10-17;2*1-12(2)19-10-18-20(11-19)15-8-5-7-14-13-6-3-4-9-16(13)21-17(14)15;1-2-7-13-10(4-1)11-5-3-6-12(14(11)18-13)17-9-15-8-16-17;;;/h5-9,11-16H,1-4H3;3-12H,1-2H3;3-7,9-12H,1-2H3;1-9H;1H4;1H;/q-1;+1;-2;;;;+3/p-1. The third-order valence-corrected chi connectivity index (χ3v) is 14.7. The number of anilines is 1. The largest absolute Gasteiger partial charge is 3.00 e. The fraction of sp³-hybridized carbons (Fsp3) is 0.186. The van der Waals surface area contributed by atoms with Crippen molar-refractivity contribution in [1.29, 1.82) is 0 Å². The summed E-state index contributed by atoms with van der Waals surface area (Å²) in [6.45, 7) is 19.4. The molecule has 8 aromatic carbocycles. The zero-order valence-corrected chi connectivity index (χ0v) is 52.9. The van der Waals surface area contributed by atoms with Crippen LogP contribution in [0, 0.1) is 18.8 Å². The Bertz CT molecular complexity index is 4530. The molecule has 0 aliphatic carbocycles. The second kappa shape index (κ2) is 27.1. The van der Waals surface area contributed by atoms with Crippen molar-refractivity contribution in [3.8, 4) is 28.5 Å². The SMILES string of the molecule is C.CC(C)N1C=NN(c2[c-]ccc3c2oc2ccccc23)[CH-]1.CC(C)[n+]1cnn(-c2cccc3c2oc2ccccc23)c1.CC(C)c1cccc(C(C)C)c1-n1ccnc1-c1[c-]cccc1.[I-].[Ir+3].c1ccc2c(c1)oc1c(-n3cncn3)cccc12. The molecule has 16 heteroatoms. The average molecular weight is 1430 g/mol. The molecular formula is C70H67IIrN11O3. The van der Waals surface area contributed by atoms with E-state index in [2.05, 4.69) is 168 Å². The molecule has 0 atom stereocenters. The first-order valence-electron chi connectivity index (χ1n) is 28.0. The van der Waals surface area contributed by atoms with Gasteiger partial charge in [-0.25, -0.2) is 14.2 Å². The first-order valence-corrected chi connectivity index (χ1v) is 28.0. The predicted octanol–water partition coefficient (Wildman–Crippen LogP) is 14.0. The van der Waals surface area contributed by atoms with E-state index in [-0.39, 0.29) is 51.5 Å². The van der Waals surface area contributed by atoms with Crippen LogP contribution in [0.1, 0.15) is 91.8 Å². The predicted molar refractivity (Wildman–Crippen MR) is 338 cm³/mol. The van der Waals surface area contributed by atoms with Crippen molar-refractivity contribution < 1.29 is 61.9 Å². The van der Waals surface area contributed by atoms with Crippen LogP contribution >= 0.6 is 0 Å². The van der Waals surface area contributed by atoms with Gasteiger partial charge in [-0.05, 0) is 92.7 Å². The van der Waals surface area contributed by atoms with Crippen LogP contribution in [-0.4, -0.2) is 51.4 Å². The van der Waals surface area contributed by atoms with Crippen LogP contribution in [0.15, 0.2) is 220 Å². The van der Waals surface area contributed by atoms with Crippen LogP contribution < -0.4 is 33.6 Å². The molecule has 0 saturated heterocycles. The summed E-state index contributed by atoms with van der Waals surface area (Å²) in [7, 11) is 0. The van der Waals surface area contributed by atoms with Crippen LogP contribution in [0.4, 0.5) is 5.69 Å². The van der Waals surface area contributed by atoms with Crippen LogP contribution in [0.2, 0.25) is 0 Å². The molecule has 0 unspecified atom stereocenters. The Hall–Kier alpha value is -8.70. The number of rotatable bonds is 9. The van der Waals surface area contributed by atoms with Gasteiger partial charge in [-0.2, -0.15) is 28.4 Å². The number of aromatic nitrogens is 8. The molecule has 0 radical (unpaired) electrons. The fourth-order valence-corrected chi connectivity index (χ4v) is 10.4. The van der Waals surface area contributed by atoms with Crippen LogP contribution in [0.25, 0.3) is 94.3 Å². The van der Waals surface area contributed by atoms with Crippen molar-refractivity contribution in [2.24, 2.45) is 5.10 Å². The van der Waals surface area contributed by atoms with Crippen molar-refractivity contribution >= 4 is 77.8 Å². The number of nitrogens with zero attached hydrogens (tertiary/aromatic N) is 11. The number of hydrazone groups is 1. The summed E-state index contributed by atoms with van der Waals surface area (Å²) < 4.78 is 25.8. The van der Waals surface area contributed by atoms with E-state index in [0.29, 0.717) is 23.9 Å². The first kappa shape index (κ1) is 61.8. The van der Waals surface area contributed by atoms with Crippen LogP contribution in [-0.2, 0) is 20.1 Å². The number of hydrogen-bond acceptors (Lipinski definition) is 10. The van der Waals surface area contributed by atoms with E-state index < -0.39 is 0 Å². The molecule has 0 bridgehead atoms. The third-order valence-electron chi connectivity index (χ3n) is 14.7. The summed E-state index contributed by atoms with van der Waals surface area (Å²) >= 11 is 0. The minimum Gasteiger partial charge on any atom is -1.00 e. The molecule has 7 heterocycles. The van der Waals surface area contributed by atoms with Crippen molar-refractivity contribution in [3.05, 3.63) is 231 Å². The summed E-state index contributed by atoms with van der Waals surface area (Å²) in [5.41, 5.74) is 12.9. The number of furan rings is 3. The Morgan fingerprint density at radius 2 is 1.10 bits per heavy atom. The Kier molecular flexibility index (Phi) is 19.5. The van der Waals surface area contributed by atoms with E-state index >= 15 is 0 Å². The topological polar surface area (TPSA) is 128 Å². The minimum absolute atomic E-state index is 0. The van der Waals surface area contributed by atoms with Gasteiger partial charge in [-0.3, -0.25) is 4.98 Å². The molecule has 0 fully saturated rings. The number of fused-ring (bicyclic) bond motifs is 9. The molecule has 1 aliphatic heterocycles. The Balaban J connectivity index is 0.000000136. The summed E-state index contributed by atoms with van der Waals surface area (Å²) in [5.74, 6) is 1.86. The molecule has 15 rings (SSSR count). The van der Waals surface area contributed by atoms with E-state index in [9.17, 15) is 0 Å². The Morgan fingerprint density at radius 1 is 0.558 bits per heavy atom. The van der Waals surface area contributed by atoms with E-state index in [4.69, 9.17) is 13.3 Å². The molecule has 1 aliphatic rings. The maximum atomic E-state index is 6.04. The van der Waals surface area contributed by atoms with Crippen LogP contribution in [0.3, 0.4) is 0 Å². The van der Waals surface area contributed by atoms with E-state index in [0.717, 1.165) is 94.3 Å². The van der Waals surface area contributed by atoms with Crippen molar-refractivity contribution in [2.45, 2.75) is 86.7 Å². The van der Waals surface area contributed by atoms with Gasteiger partial charge in [-0.1, -0.05) is 142 Å². The molecule has 436 valence electrons. The fourth-order valence-electron chi connectivity index (χ4n) is 10.4. The summed E-state index contributed by atoms with van der Waals surface area (Å²) in [6, 6.07) is 62.2. The zero-order chi connectivity index (χ0) is 57.1. The molecule has 0 N–H and O–H groups in total. The number of imidazole rings is 1. The van der Waals surface area contributed by atoms with Crippen LogP contribution in [0.5, 0.6) is 0 Å². The Morgan fingerprint density at radius 3 is 1.63 bits per heavy atom. The summed E-state index contributed by atoms with van der Waals surface area (Å²) in [4.78, 5) is 10.6. The van der Waals surface area contributed by atoms with Gasteiger partial charge in [-0.15, -0.1) is 42.6 Å². The number of halogens is 1. The van der Waals surface area contributed by atoms with Gasteiger partial charge < -0.3 is 51.7 Å². The van der Waals surface area contributed by atoms with Crippen molar-refractivity contribution in [1.82, 2.24) is 39.0 Å². The van der Waals surface area contributed by atoms with E-state index in [1.165, 1.54) is 23.1 Å². The quantitative estimate of drug-likeness (QED) is 0.0788. The molecule has 14 aromatic rings. The third kappa shape index (κ3) is 12.4. The van der Waals surface area contributed by atoms with Crippen molar-refractivity contribution in [2.75, 3.05) is 5.01 Å². The van der Waals surface area contributed by atoms with Crippen molar-refractivity contribution in [3.63, 3.8) is 0 Å². The molecule has 0 amide bonds. The first-order chi connectivity index (χ1) is 40.5. The zero-order valence-electron chi connectivity index (χ0n) is 48.4. The molecule has 6 aromatic heterocycles. The molecule has 0 saturated carbocycles. The molecule has 0 spiro atoms. The normalized spacial score (nSPS) is 12.0. The van der Waals surface area contributed by atoms with E-state index in [1.807, 2.05) is 151 Å². The van der Waals surface area contributed by atoms with Gasteiger partial charge in [0.25, 0.3) is 6.33 Å². The second-order valence-corrected chi connectivity index (χ2v) is 21.5. The van der Waals surface area contributed by atoms with E-state index in [1.54, 1.807) is 11.0 Å². The molecular weight excluding hydrogens is 1360 g/mol. The van der Waals surface area contributed by atoms with Gasteiger partial charge in [0.05, 0.1) is 18.2 Å². The molecule has 14 nitrogen and oxygen atoms in total. The summed E-state index contributed by atoms with van der Waals surface area (Å²) in [5, 5.41) is 21.5. The van der Waals surface area contributed by atoms with Gasteiger partial charge >= 0.3 is 20.1 Å². The summed E-state index contributed by atoms with van der Waals surface area (Å²) in [6.07, 6.45) is 12.8. The number of hydrogen-bond donors (Lipinski definition) is 0. The smallest absolute Gasteiger partial charge is 1.00 e. The molecule has 86 heavy (non-hydrogen) atoms. The maximum absolute atomic E-state index is 6.04. The number of para-hydroxylation sites is 6.